The smallest absolute Gasteiger partial charge is 0.246 e. The second kappa shape index (κ2) is 11.5. The molecule has 0 aromatic heterocycles. The summed E-state index contributed by atoms with van der Waals surface area (Å²) < 4.78 is 5.15. The molecule has 7 heteroatoms. The Hall–Kier alpha value is -3.35. The lowest BCUT2D eigenvalue weighted by atomic mass is 10.0. The molecule has 0 spiro atoms. The molecule has 0 heterocycles. The van der Waals surface area contributed by atoms with Crippen LogP contribution in [0, 0.1) is 6.92 Å². The van der Waals surface area contributed by atoms with Crippen molar-refractivity contribution in [3.63, 3.8) is 0 Å². The summed E-state index contributed by atoms with van der Waals surface area (Å²) in [5.41, 5.74) is 2.99. The number of aryl methyl sites for hydroxylation is 1. The number of halogens is 1. The molecule has 6 nitrogen and oxygen atoms in total. The Kier molecular flexibility index (Phi) is 8.46. The fourth-order valence-corrected chi connectivity index (χ4v) is 3.67. The third-order valence-electron chi connectivity index (χ3n) is 5.29. The predicted molar refractivity (Wildman–Crippen MR) is 133 cm³/mol. The van der Waals surface area contributed by atoms with E-state index in [1.165, 1.54) is 0 Å². The van der Waals surface area contributed by atoms with Gasteiger partial charge in [-0.3, -0.25) is 14.5 Å². The molecule has 0 saturated heterocycles. The molecular formula is C26H28ClN3O3. The lowest BCUT2D eigenvalue weighted by Gasteiger charge is -2.29. The van der Waals surface area contributed by atoms with Gasteiger partial charge in [0.05, 0.1) is 13.7 Å². The average Bonchev–Trinajstić information content (AvgIpc) is 2.82. The number of anilines is 2. The largest absolute Gasteiger partial charge is 0.497 e. The van der Waals surface area contributed by atoms with Gasteiger partial charge in [-0.05, 0) is 61.0 Å². The Balaban J connectivity index is 1.79. The summed E-state index contributed by atoms with van der Waals surface area (Å²) >= 11 is 6.23. The number of amides is 2. The van der Waals surface area contributed by atoms with Gasteiger partial charge in [0.2, 0.25) is 11.8 Å². The number of rotatable bonds is 9. The molecule has 0 bridgehead atoms. The highest BCUT2D eigenvalue weighted by Gasteiger charge is 2.28. The zero-order chi connectivity index (χ0) is 23.8. The van der Waals surface area contributed by atoms with E-state index in [4.69, 9.17) is 16.3 Å². The highest BCUT2D eigenvalue weighted by molar-refractivity contribution is 6.31. The van der Waals surface area contributed by atoms with Crippen molar-refractivity contribution in [1.82, 2.24) is 4.90 Å². The number of benzene rings is 3. The zero-order valence-corrected chi connectivity index (χ0v) is 19.7. The van der Waals surface area contributed by atoms with E-state index in [9.17, 15) is 9.59 Å². The van der Waals surface area contributed by atoms with Crippen molar-refractivity contribution >= 4 is 34.8 Å². The number of nitrogens with zero attached hydrogens (tertiary/aromatic N) is 1. The summed E-state index contributed by atoms with van der Waals surface area (Å²) in [6.07, 6.45) is 0. The lowest BCUT2D eigenvalue weighted by molar-refractivity contribution is -0.123. The number of hydrogen-bond acceptors (Lipinski definition) is 4. The quantitative estimate of drug-likeness (QED) is 0.450. The Morgan fingerprint density at radius 1 is 0.970 bits per heavy atom. The van der Waals surface area contributed by atoms with Crippen LogP contribution in [-0.2, 0) is 9.59 Å². The molecule has 3 rings (SSSR count). The molecule has 1 atom stereocenters. The van der Waals surface area contributed by atoms with E-state index in [0.717, 1.165) is 11.1 Å². The molecule has 0 aliphatic rings. The van der Waals surface area contributed by atoms with Gasteiger partial charge in [0, 0.05) is 16.4 Å². The van der Waals surface area contributed by atoms with E-state index in [1.54, 1.807) is 37.4 Å². The van der Waals surface area contributed by atoms with E-state index < -0.39 is 6.04 Å². The van der Waals surface area contributed by atoms with Crippen LogP contribution in [0.5, 0.6) is 5.75 Å². The molecule has 0 aliphatic carbocycles. The first kappa shape index (κ1) is 24.3. The third kappa shape index (κ3) is 6.57. The highest BCUT2D eigenvalue weighted by atomic mass is 35.5. The van der Waals surface area contributed by atoms with Gasteiger partial charge in [-0.2, -0.15) is 0 Å². The van der Waals surface area contributed by atoms with E-state index in [2.05, 4.69) is 10.6 Å². The van der Waals surface area contributed by atoms with E-state index in [1.807, 2.05) is 61.2 Å². The summed E-state index contributed by atoms with van der Waals surface area (Å²) in [6.45, 7) is 4.37. The van der Waals surface area contributed by atoms with Crippen LogP contribution in [0.4, 0.5) is 11.4 Å². The first-order chi connectivity index (χ1) is 15.9. The summed E-state index contributed by atoms with van der Waals surface area (Å²) in [6, 6.07) is 21.3. The van der Waals surface area contributed by atoms with Crippen LogP contribution in [-0.4, -0.2) is 36.9 Å². The Morgan fingerprint density at radius 2 is 1.64 bits per heavy atom. The maximum Gasteiger partial charge on any atom is 0.246 e. The van der Waals surface area contributed by atoms with Gasteiger partial charge in [0.15, 0.2) is 0 Å². The van der Waals surface area contributed by atoms with Gasteiger partial charge in [-0.25, -0.2) is 0 Å². The second-order valence-corrected chi connectivity index (χ2v) is 8.01. The van der Waals surface area contributed by atoms with Crippen molar-refractivity contribution < 1.29 is 14.3 Å². The number of carbonyl (C=O) groups excluding carboxylic acids is 2. The van der Waals surface area contributed by atoms with Crippen LogP contribution in [0.3, 0.4) is 0 Å². The normalized spacial score (nSPS) is 11.7. The van der Waals surface area contributed by atoms with Crippen molar-refractivity contribution in [3.8, 4) is 5.75 Å². The molecule has 172 valence electrons. The summed E-state index contributed by atoms with van der Waals surface area (Å²) in [5, 5.41) is 6.41. The molecule has 1 unspecified atom stereocenters. The molecule has 2 amide bonds. The van der Waals surface area contributed by atoms with Crippen molar-refractivity contribution in [2.24, 2.45) is 0 Å². The number of methoxy groups -OCH3 is 1. The minimum atomic E-state index is -0.655. The zero-order valence-electron chi connectivity index (χ0n) is 19.0. The van der Waals surface area contributed by atoms with Gasteiger partial charge in [0.25, 0.3) is 0 Å². The van der Waals surface area contributed by atoms with E-state index in [-0.39, 0.29) is 18.4 Å². The maximum absolute atomic E-state index is 13.4. The molecule has 0 aliphatic heterocycles. The molecule has 0 radical (unpaired) electrons. The Labute approximate surface area is 199 Å². The number of nitrogens with one attached hydrogen (secondary N) is 2. The van der Waals surface area contributed by atoms with Crippen molar-refractivity contribution in [2.45, 2.75) is 19.9 Å². The third-order valence-corrected chi connectivity index (χ3v) is 5.70. The summed E-state index contributed by atoms with van der Waals surface area (Å²) in [4.78, 5) is 28.0. The van der Waals surface area contributed by atoms with Gasteiger partial charge in [0.1, 0.15) is 11.8 Å². The van der Waals surface area contributed by atoms with Gasteiger partial charge < -0.3 is 15.4 Å². The molecular weight excluding hydrogens is 438 g/mol. The standard InChI is InChI=1S/C26H28ClN3O3/c1-4-30(17-24(31)28-20-12-14-22(33-3)15-13-20)25(19-8-6-5-7-9-19)26(32)29-21-11-10-18(2)23(27)16-21/h5-16,25H,4,17H2,1-3H3,(H,28,31)(H,29,32). The van der Waals surface area contributed by atoms with Crippen LogP contribution in [0.25, 0.3) is 0 Å². The van der Waals surface area contributed by atoms with Crippen LogP contribution in [0.1, 0.15) is 24.1 Å². The molecule has 33 heavy (non-hydrogen) atoms. The number of carbonyl (C=O) groups is 2. The fourth-order valence-electron chi connectivity index (χ4n) is 3.49. The van der Waals surface area contributed by atoms with Gasteiger partial charge in [-0.15, -0.1) is 0 Å². The lowest BCUT2D eigenvalue weighted by Crippen LogP contribution is -2.41. The minimum absolute atomic E-state index is 0.0458. The number of ether oxygens (including phenoxy) is 1. The highest BCUT2D eigenvalue weighted by Crippen LogP contribution is 2.25. The first-order valence-corrected chi connectivity index (χ1v) is 11.1. The number of likely N-dealkylation sites (N-methyl/N-ethyl adjacent to an activating group) is 1. The molecule has 0 fully saturated rings. The van der Waals surface area contributed by atoms with Crippen molar-refractivity contribution in [3.05, 3.63) is 88.9 Å². The molecule has 2 N–H and O–H groups in total. The number of hydrogen-bond donors (Lipinski definition) is 2. The topological polar surface area (TPSA) is 70.7 Å². The van der Waals surface area contributed by atoms with Crippen molar-refractivity contribution in [2.75, 3.05) is 30.8 Å². The monoisotopic (exact) mass is 465 g/mol. The summed E-state index contributed by atoms with van der Waals surface area (Å²) in [5.74, 6) is 0.259. The van der Waals surface area contributed by atoms with Crippen LogP contribution in [0.15, 0.2) is 72.8 Å². The molecule has 3 aromatic rings. The Morgan fingerprint density at radius 3 is 2.24 bits per heavy atom. The minimum Gasteiger partial charge on any atom is -0.497 e. The van der Waals surface area contributed by atoms with E-state index in [0.29, 0.717) is 28.7 Å². The maximum atomic E-state index is 13.4. The van der Waals surface area contributed by atoms with Crippen molar-refractivity contribution in [1.29, 1.82) is 0 Å². The summed E-state index contributed by atoms with van der Waals surface area (Å²) in [7, 11) is 1.59. The fraction of sp³-hybridized carbons (Fsp3) is 0.231. The van der Waals surface area contributed by atoms with E-state index >= 15 is 0 Å². The Bertz CT molecular complexity index is 1090. The molecule has 0 saturated carbocycles. The molecule has 3 aromatic carbocycles. The van der Waals surface area contributed by atoms with Crippen LogP contribution in [0.2, 0.25) is 5.02 Å². The van der Waals surface area contributed by atoms with Gasteiger partial charge >= 0.3 is 0 Å². The second-order valence-electron chi connectivity index (χ2n) is 7.61. The SMILES string of the molecule is CCN(CC(=O)Nc1ccc(OC)cc1)C(C(=O)Nc1ccc(C)c(Cl)c1)c1ccccc1. The predicted octanol–water partition coefficient (Wildman–Crippen LogP) is 5.30. The van der Waals surface area contributed by atoms with Crippen LogP contribution >= 0.6 is 11.6 Å². The van der Waals surface area contributed by atoms with Crippen LogP contribution < -0.4 is 15.4 Å². The first-order valence-electron chi connectivity index (χ1n) is 10.7. The average molecular weight is 466 g/mol. The van der Waals surface area contributed by atoms with Gasteiger partial charge in [-0.1, -0.05) is 54.9 Å².